The molecule has 1 fully saturated rings. The molecule has 0 radical (unpaired) electrons. The highest BCUT2D eigenvalue weighted by molar-refractivity contribution is 5.85. The van der Waals surface area contributed by atoms with E-state index >= 15 is 0 Å². The fourth-order valence-electron chi connectivity index (χ4n) is 3.46. The normalized spacial score (nSPS) is 19.5. The quantitative estimate of drug-likeness (QED) is 0.677. The summed E-state index contributed by atoms with van der Waals surface area (Å²) in [5.41, 5.74) is 0.726. The number of halogens is 1. The van der Waals surface area contributed by atoms with Crippen molar-refractivity contribution < 1.29 is 14.3 Å². The Morgan fingerprint density at radius 1 is 1.12 bits per heavy atom. The van der Waals surface area contributed by atoms with E-state index < -0.39 is 0 Å². The number of carbonyl (C=O) groups excluding carboxylic acids is 1. The van der Waals surface area contributed by atoms with E-state index in [1.165, 1.54) is 6.42 Å². The molecule has 0 unspecified atom stereocenters. The van der Waals surface area contributed by atoms with Crippen LogP contribution in [0, 0.1) is 0 Å². The van der Waals surface area contributed by atoms with Gasteiger partial charge in [0.15, 0.2) is 0 Å². The maximum Gasteiger partial charge on any atom is 0.411 e. The summed E-state index contributed by atoms with van der Waals surface area (Å²) < 4.78 is 11.3. The molecule has 1 N–H and O–H groups in total. The minimum absolute atomic E-state index is 0. The number of ether oxygens (including phenoxy) is 2. The average molecular weight is 385 g/mol. The smallest absolute Gasteiger partial charge is 0.411 e. The molecule has 148 valence electrons. The van der Waals surface area contributed by atoms with Crippen LogP contribution in [0.4, 0.5) is 10.5 Å². The van der Waals surface area contributed by atoms with E-state index in [4.69, 9.17) is 9.47 Å². The number of rotatable bonds is 8. The molecule has 0 bridgehead atoms. The lowest BCUT2D eigenvalue weighted by Crippen LogP contribution is -2.47. The lowest BCUT2D eigenvalue weighted by Gasteiger charge is -2.38. The van der Waals surface area contributed by atoms with Gasteiger partial charge in [-0.25, -0.2) is 4.79 Å². The topological polar surface area (TPSA) is 50.8 Å². The minimum atomic E-state index is -0.369. The highest BCUT2D eigenvalue weighted by atomic mass is 35.5. The van der Waals surface area contributed by atoms with Crippen molar-refractivity contribution in [2.45, 2.75) is 65.0 Å². The van der Waals surface area contributed by atoms with Crippen LogP contribution in [0.5, 0.6) is 5.75 Å². The van der Waals surface area contributed by atoms with Gasteiger partial charge in [0, 0.05) is 11.7 Å². The predicted octanol–water partition coefficient (Wildman–Crippen LogP) is 5.10. The van der Waals surface area contributed by atoms with E-state index in [0.717, 1.165) is 50.2 Å². The molecular formula is C20H33ClN2O3. The Morgan fingerprint density at radius 2 is 1.77 bits per heavy atom. The molecule has 1 aliphatic carbocycles. The summed E-state index contributed by atoms with van der Waals surface area (Å²) >= 11 is 0. The second-order valence-electron chi connectivity index (χ2n) is 6.51. The van der Waals surface area contributed by atoms with E-state index in [1.54, 1.807) is 0 Å². The van der Waals surface area contributed by atoms with Crippen LogP contribution >= 0.6 is 12.4 Å². The standard InChI is InChI=1S/C20H32N2O3.ClH/c1-4-15-24-17-13-11-16(12-14-17)21-20(23)25-19-10-8-7-9-18(19)22(5-2)6-3;/h11-14,18-19H,4-10,15H2,1-3H3,(H,21,23);1H/t18-,19-;/m0./s1. The maximum atomic E-state index is 12.3. The van der Waals surface area contributed by atoms with Gasteiger partial charge in [-0.3, -0.25) is 10.2 Å². The SMILES string of the molecule is CCCOc1ccc(NC(=O)O[C@H]2CCCC[C@@H]2N(CC)CC)cc1.Cl. The molecule has 26 heavy (non-hydrogen) atoms. The first-order chi connectivity index (χ1) is 12.2. The molecule has 1 aromatic rings. The number of hydrogen-bond donors (Lipinski definition) is 1. The summed E-state index contributed by atoms with van der Waals surface area (Å²) in [7, 11) is 0. The summed E-state index contributed by atoms with van der Waals surface area (Å²) in [5.74, 6) is 0.814. The summed E-state index contributed by atoms with van der Waals surface area (Å²) in [5, 5.41) is 2.83. The van der Waals surface area contributed by atoms with Crippen LogP contribution in [-0.2, 0) is 4.74 Å². The van der Waals surface area contributed by atoms with Crippen molar-refractivity contribution in [2.24, 2.45) is 0 Å². The first-order valence-electron chi connectivity index (χ1n) is 9.62. The number of carbonyl (C=O) groups is 1. The summed E-state index contributed by atoms with van der Waals surface area (Å²) in [6.45, 7) is 9.07. The fraction of sp³-hybridized carbons (Fsp3) is 0.650. The van der Waals surface area contributed by atoms with Gasteiger partial charge in [-0.2, -0.15) is 0 Å². The van der Waals surface area contributed by atoms with Gasteiger partial charge in [-0.05, 0) is 63.0 Å². The molecule has 0 saturated heterocycles. The first kappa shape index (κ1) is 22.6. The van der Waals surface area contributed by atoms with Crippen LogP contribution in [0.2, 0.25) is 0 Å². The zero-order valence-corrected chi connectivity index (χ0v) is 17.0. The summed E-state index contributed by atoms with van der Waals surface area (Å²) in [6, 6.07) is 7.75. The zero-order valence-electron chi connectivity index (χ0n) is 16.2. The maximum absolute atomic E-state index is 12.3. The van der Waals surface area contributed by atoms with Gasteiger partial charge < -0.3 is 9.47 Å². The number of amides is 1. The van der Waals surface area contributed by atoms with Crippen molar-refractivity contribution in [2.75, 3.05) is 25.0 Å². The van der Waals surface area contributed by atoms with Crippen LogP contribution < -0.4 is 10.1 Å². The van der Waals surface area contributed by atoms with Gasteiger partial charge in [0.25, 0.3) is 0 Å². The molecule has 0 heterocycles. The third kappa shape index (κ3) is 6.69. The molecule has 0 aliphatic heterocycles. The highest BCUT2D eigenvalue weighted by Gasteiger charge is 2.31. The lowest BCUT2D eigenvalue weighted by molar-refractivity contribution is 0.0125. The Kier molecular flexibility index (Phi) is 10.4. The lowest BCUT2D eigenvalue weighted by atomic mass is 9.91. The highest BCUT2D eigenvalue weighted by Crippen LogP contribution is 2.26. The van der Waals surface area contributed by atoms with E-state index in [2.05, 4.69) is 31.0 Å². The van der Waals surface area contributed by atoms with Crippen molar-refractivity contribution in [1.82, 2.24) is 4.90 Å². The molecular weight excluding hydrogens is 352 g/mol. The molecule has 5 nitrogen and oxygen atoms in total. The van der Waals surface area contributed by atoms with Gasteiger partial charge in [0.1, 0.15) is 11.9 Å². The van der Waals surface area contributed by atoms with Gasteiger partial charge in [0.05, 0.1) is 6.61 Å². The second kappa shape index (κ2) is 12.0. The third-order valence-electron chi connectivity index (χ3n) is 4.78. The van der Waals surface area contributed by atoms with Crippen molar-refractivity contribution in [1.29, 1.82) is 0 Å². The monoisotopic (exact) mass is 384 g/mol. The van der Waals surface area contributed by atoms with Crippen LogP contribution in [0.1, 0.15) is 52.9 Å². The molecule has 2 rings (SSSR count). The van der Waals surface area contributed by atoms with Crippen LogP contribution in [0.3, 0.4) is 0 Å². The van der Waals surface area contributed by atoms with Crippen molar-refractivity contribution in [3.8, 4) is 5.75 Å². The third-order valence-corrected chi connectivity index (χ3v) is 4.78. The fourth-order valence-corrected chi connectivity index (χ4v) is 3.46. The van der Waals surface area contributed by atoms with Crippen molar-refractivity contribution in [3.63, 3.8) is 0 Å². The van der Waals surface area contributed by atoms with Gasteiger partial charge in [-0.1, -0.05) is 27.2 Å². The molecule has 0 aromatic heterocycles. The number of nitrogens with zero attached hydrogens (tertiary/aromatic N) is 1. The van der Waals surface area contributed by atoms with Gasteiger partial charge in [0.2, 0.25) is 0 Å². The van der Waals surface area contributed by atoms with Crippen molar-refractivity contribution >= 4 is 24.2 Å². The van der Waals surface area contributed by atoms with Crippen LogP contribution in [0.15, 0.2) is 24.3 Å². The molecule has 1 saturated carbocycles. The molecule has 1 amide bonds. The number of anilines is 1. The minimum Gasteiger partial charge on any atom is -0.494 e. The Bertz CT molecular complexity index is 520. The number of hydrogen-bond acceptors (Lipinski definition) is 4. The molecule has 1 aromatic carbocycles. The van der Waals surface area contributed by atoms with E-state index in [0.29, 0.717) is 12.6 Å². The second-order valence-corrected chi connectivity index (χ2v) is 6.51. The van der Waals surface area contributed by atoms with Crippen LogP contribution in [0.25, 0.3) is 0 Å². The number of likely N-dealkylation sites (N-methyl/N-ethyl adjacent to an activating group) is 1. The largest absolute Gasteiger partial charge is 0.494 e. The Balaban J connectivity index is 0.00000338. The number of benzene rings is 1. The molecule has 0 spiro atoms. The van der Waals surface area contributed by atoms with Gasteiger partial charge >= 0.3 is 6.09 Å². The summed E-state index contributed by atoms with van der Waals surface area (Å²) in [6.07, 6.45) is 4.95. The van der Waals surface area contributed by atoms with E-state index in [-0.39, 0.29) is 24.6 Å². The molecule has 2 atom stereocenters. The zero-order chi connectivity index (χ0) is 18.1. The van der Waals surface area contributed by atoms with E-state index in [1.807, 2.05) is 24.3 Å². The molecule has 1 aliphatic rings. The average Bonchev–Trinajstić information content (AvgIpc) is 2.63. The van der Waals surface area contributed by atoms with E-state index in [9.17, 15) is 4.79 Å². The predicted molar refractivity (Wildman–Crippen MR) is 109 cm³/mol. The molecule has 6 heteroatoms. The van der Waals surface area contributed by atoms with Gasteiger partial charge in [-0.15, -0.1) is 12.4 Å². The van der Waals surface area contributed by atoms with Crippen molar-refractivity contribution in [3.05, 3.63) is 24.3 Å². The Hall–Kier alpha value is -1.46. The summed E-state index contributed by atoms with van der Waals surface area (Å²) in [4.78, 5) is 14.7. The Morgan fingerprint density at radius 3 is 2.38 bits per heavy atom. The van der Waals surface area contributed by atoms with Crippen LogP contribution in [-0.4, -0.2) is 42.8 Å². The Labute approximate surface area is 163 Å². The first-order valence-corrected chi connectivity index (χ1v) is 9.62. The number of nitrogens with one attached hydrogen (secondary N) is 1.